The first kappa shape index (κ1) is 7.07. The van der Waals surface area contributed by atoms with Gasteiger partial charge in [0.05, 0.1) is 0 Å². The van der Waals surface area contributed by atoms with E-state index in [1.807, 2.05) is 0 Å². The summed E-state index contributed by atoms with van der Waals surface area (Å²) < 4.78 is 0. The number of nitrogens with two attached hydrogens (primary N) is 1. The molecule has 0 aromatic rings. The summed E-state index contributed by atoms with van der Waals surface area (Å²) in [6.45, 7) is 4.58. The highest BCUT2D eigenvalue weighted by Crippen LogP contribution is 2.27. The molecule has 2 unspecified atom stereocenters. The van der Waals surface area contributed by atoms with Crippen molar-refractivity contribution in [2.45, 2.75) is 39.2 Å². The Morgan fingerprint density at radius 3 is 2.33 bits per heavy atom. The topological polar surface area (TPSA) is 26.0 Å². The van der Waals surface area contributed by atoms with Gasteiger partial charge in [-0.3, -0.25) is 0 Å². The number of hydrogen-bond acceptors (Lipinski definition) is 1. The lowest BCUT2D eigenvalue weighted by atomic mass is 9.78. The lowest BCUT2D eigenvalue weighted by Gasteiger charge is -2.31. The molecule has 1 nitrogen and oxygen atoms in total. The summed E-state index contributed by atoms with van der Waals surface area (Å²) in [4.78, 5) is 0. The monoisotopic (exact) mass is 127 g/mol. The summed E-state index contributed by atoms with van der Waals surface area (Å²) in [6.07, 6.45) is 3.97. The molecule has 3 atom stereocenters. The Morgan fingerprint density at radius 2 is 1.89 bits per heavy atom. The van der Waals surface area contributed by atoms with E-state index in [1.165, 1.54) is 19.3 Å². The third kappa shape index (κ3) is 1.45. The lowest BCUT2D eigenvalue weighted by molar-refractivity contribution is 0.240. The molecule has 1 rings (SSSR count). The van der Waals surface area contributed by atoms with Crippen molar-refractivity contribution in [2.75, 3.05) is 0 Å². The Bertz CT molecular complexity index is 80.6. The van der Waals surface area contributed by atoms with Crippen molar-refractivity contribution in [3.63, 3.8) is 0 Å². The van der Waals surface area contributed by atoms with E-state index in [0.29, 0.717) is 6.04 Å². The van der Waals surface area contributed by atoms with Crippen LogP contribution in [0.3, 0.4) is 0 Å². The molecule has 0 bridgehead atoms. The van der Waals surface area contributed by atoms with Crippen molar-refractivity contribution >= 4 is 0 Å². The highest BCUT2D eigenvalue weighted by molar-refractivity contribution is 4.78. The summed E-state index contributed by atoms with van der Waals surface area (Å²) in [5, 5.41) is 0. The average molecular weight is 127 g/mol. The summed E-state index contributed by atoms with van der Waals surface area (Å²) in [6, 6.07) is 0.480. The number of hydrogen-bond donors (Lipinski definition) is 1. The zero-order valence-corrected chi connectivity index (χ0v) is 6.43. The van der Waals surface area contributed by atoms with E-state index in [9.17, 15) is 0 Å². The van der Waals surface area contributed by atoms with E-state index >= 15 is 0 Å². The van der Waals surface area contributed by atoms with Crippen LogP contribution in [0.5, 0.6) is 0 Å². The fraction of sp³-hybridized carbons (Fsp3) is 1.00. The predicted molar refractivity (Wildman–Crippen MR) is 40.2 cm³/mol. The summed E-state index contributed by atoms with van der Waals surface area (Å²) >= 11 is 0. The van der Waals surface area contributed by atoms with Crippen molar-refractivity contribution in [1.82, 2.24) is 0 Å². The molecule has 1 saturated carbocycles. The van der Waals surface area contributed by atoms with Gasteiger partial charge in [-0.1, -0.05) is 26.7 Å². The first-order chi connectivity index (χ1) is 4.22. The van der Waals surface area contributed by atoms with Crippen molar-refractivity contribution in [3.8, 4) is 0 Å². The van der Waals surface area contributed by atoms with Crippen LogP contribution in [0.1, 0.15) is 33.1 Å². The van der Waals surface area contributed by atoms with Gasteiger partial charge in [-0.15, -0.1) is 0 Å². The molecule has 0 saturated heterocycles. The molecule has 54 valence electrons. The van der Waals surface area contributed by atoms with Crippen molar-refractivity contribution in [3.05, 3.63) is 0 Å². The number of rotatable bonds is 0. The molecule has 1 aliphatic rings. The summed E-state index contributed by atoms with van der Waals surface area (Å²) in [5.74, 6) is 1.60. The Labute approximate surface area is 57.6 Å². The van der Waals surface area contributed by atoms with Crippen LogP contribution in [0, 0.1) is 11.8 Å². The summed E-state index contributed by atoms with van der Waals surface area (Å²) in [7, 11) is 0. The molecule has 0 spiro atoms. The second-order valence-electron chi connectivity index (χ2n) is 3.43. The van der Waals surface area contributed by atoms with Crippen LogP contribution in [0.4, 0.5) is 0 Å². The third-order valence-electron chi connectivity index (χ3n) is 2.77. The van der Waals surface area contributed by atoms with Gasteiger partial charge in [0.25, 0.3) is 0 Å². The zero-order valence-electron chi connectivity index (χ0n) is 6.43. The van der Waals surface area contributed by atoms with Gasteiger partial charge in [0, 0.05) is 6.04 Å². The molecular formula is C8H17N. The first-order valence-electron chi connectivity index (χ1n) is 3.97. The fourth-order valence-corrected chi connectivity index (χ4v) is 1.62. The van der Waals surface area contributed by atoms with Crippen LogP contribution >= 0.6 is 0 Å². The molecule has 0 aromatic heterocycles. The maximum absolute atomic E-state index is 5.87. The van der Waals surface area contributed by atoms with Crippen LogP contribution in [0.2, 0.25) is 0 Å². The van der Waals surface area contributed by atoms with Gasteiger partial charge in [0.15, 0.2) is 0 Å². The van der Waals surface area contributed by atoms with Gasteiger partial charge < -0.3 is 5.73 Å². The lowest BCUT2D eigenvalue weighted by Crippen LogP contribution is -2.35. The van der Waals surface area contributed by atoms with Crippen molar-refractivity contribution in [2.24, 2.45) is 17.6 Å². The molecule has 1 fully saturated rings. The molecule has 2 N–H and O–H groups in total. The molecule has 0 radical (unpaired) electrons. The van der Waals surface area contributed by atoms with Crippen LogP contribution in [0.15, 0.2) is 0 Å². The fourth-order valence-electron chi connectivity index (χ4n) is 1.62. The van der Waals surface area contributed by atoms with Crippen LogP contribution < -0.4 is 5.73 Å². The second-order valence-corrected chi connectivity index (χ2v) is 3.43. The minimum absolute atomic E-state index is 0.480. The molecule has 1 aliphatic carbocycles. The SMILES string of the molecule is CC1CCCC(N)[C@@H]1C. The standard InChI is InChI=1S/C8H17N/c1-6-4-3-5-8(9)7(6)2/h6-8H,3-5,9H2,1-2H3/t6?,7-,8?/m1/s1. The predicted octanol–water partition coefficient (Wildman–Crippen LogP) is 1.77. The molecule has 0 heterocycles. The third-order valence-corrected chi connectivity index (χ3v) is 2.77. The van der Waals surface area contributed by atoms with Gasteiger partial charge in [0.2, 0.25) is 0 Å². The van der Waals surface area contributed by atoms with Crippen LogP contribution in [-0.2, 0) is 0 Å². The van der Waals surface area contributed by atoms with E-state index in [-0.39, 0.29) is 0 Å². The highest BCUT2D eigenvalue weighted by Gasteiger charge is 2.23. The minimum Gasteiger partial charge on any atom is -0.327 e. The Kier molecular flexibility index (Phi) is 2.12. The van der Waals surface area contributed by atoms with Crippen molar-refractivity contribution in [1.29, 1.82) is 0 Å². The highest BCUT2D eigenvalue weighted by atomic mass is 14.7. The second kappa shape index (κ2) is 2.70. The van der Waals surface area contributed by atoms with Crippen LogP contribution in [0.25, 0.3) is 0 Å². The average Bonchev–Trinajstić information content (AvgIpc) is 1.83. The van der Waals surface area contributed by atoms with Crippen LogP contribution in [-0.4, -0.2) is 6.04 Å². The Hall–Kier alpha value is -0.0400. The maximum atomic E-state index is 5.87. The quantitative estimate of drug-likeness (QED) is 0.527. The normalized spacial score (nSPS) is 45.0. The van der Waals surface area contributed by atoms with E-state index in [1.54, 1.807) is 0 Å². The van der Waals surface area contributed by atoms with Crippen molar-refractivity contribution < 1.29 is 0 Å². The molecule has 0 aliphatic heterocycles. The molecule has 0 amide bonds. The summed E-state index contributed by atoms with van der Waals surface area (Å²) in [5.41, 5.74) is 5.87. The van der Waals surface area contributed by atoms with E-state index in [4.69, 9.17) is 5.73 Å². The Morgan fingerprint density at radius 1 is 1.22 bits per heavy atom. The maximum Gasteiger partial charge on any atom is 0.00670 e. The smallest absolute Gasteiger partial charge is 0.00670 e. The zero-order chi connectivity index (χ0) is 6.85. The van der Waals surface area contributed by atoms with Gasteiger partial charge in [-0.2, -0.15) is 0 Å². The van der Waals surface area contributed by atoms with Gasteiger partial charge >= 0.3 is 0 Å². The van der Waals surface area contributed by atoms with Gasteiger partial charge in [-0.05, 0) is 18.3 Å². The van der Waals surface area contributed by atoms with Gasteiger partial charge in [0.1, 0.15) is 0 Å². The molecule has 0 aromatic carbocycles. The molecule has 1 heteroatoms. The first-order valence-corrected chi connectivity index (χ1v) is 3.97. The Balaban J connectivity index is 2.41. The molecule has 9 heavy (non-hydrogen) atoms. The largest absolute Gasteiger partial charge is 0.327 e. The van der Waals surface area contributed by atoms with E-state index in [2.05, 4.69) is 13.8 Å². The minimum atomic E-state index is 0.480. The van der Waals surface area contributed by atoms with E-state index in [0.717, 1.165) is 11.8 Å². The molecular weight excluding hydrogens is 110 g/mol. The van der Waals surface area contributed by atoms with E-state index < -0.39 is 0 Å². The van der Waals surface area contributed by atoms with Gasteiger partial charge in [-0.25, -0.2) is 0 Å².